The van der Waals surface area contributed by atoms with E-state index in [1.807, 2.05) is 36.4 Å². The van der Waals surface area contributed by atoms with Gasteiger partial charge in [-0.3, -0.25) is 0 Å². The van der Waals surface area contributed by atoms with Crippen molar-refractivity contribution in [2.24, 2.45) is 0 Å². The Kier molecular flexibility index (Phi) is 6.18. The Labute approximate surface area is 297 Å². The molecule has 52 heavy (non-hydrogen) atoms. The van der Waals surface area contributed by atoms with Crippen LogP contribution in [0.4, 0.5) is 0 Å². The van der Waals surface area contributed by atoms with Crippen LogP contribution in [0.1, 0.15) is 0 Å². The van der Waals surface area contributed by atoms with E-state index in [2.05, 4.69) is 127 Å². The molecule has 11 rings (SSSR count). The number of fused-ring (bicyclic) bond motifs is 8. The Balaban J connectivity index is 1.10. The summed E-state index contributed by atoms with van der Waals surface area (Å²) in [7, 11) is 0. The summed E-state index contributed by atoms with van der Waals surface area (Å²) in [5.74, 6) is 1.74. The van der Waals surface area contributed by atoms with Crippen LogP contribution in [-0.4, -0.2) is 15.0 Å². The highest BCUT2D eigenvalue weighted by atomic mass is 16.3. The van der Waals surface area contributed by atoms with Gasteiger partial charge in [0.25, 0.3) is 0 Å². The van der Waals surface area contributed by atoms with Gasteiger partial charge in [-0.1, -0.05) is 115 Å². The van der Waals surface area contributed by atoms with Gasteiger partial charge < -0.3 is 8.83 Å². The first-order valence-electron chi connectivity index (χ1n) is 17.3. The number of hydrogen-bond donors (Lipinski definition) is 0. The molecule has 0 spiro atoms. The number of furan rings is 2. The number of nitrogens with zero attached hydrogens (tertiary/aromatic N) is 3. The van der Waals surface area contributed by atoms with Crippen LogP contribution in [0.25, 0.3) is 111 Å². The summed E-state index contributed by atoms with van der Waals surface area (Å²) in [6.45, 7) is 0. The van der Waals surface area contributed by atoms with Crippen LogP contribution in [0.3, 0.4) is 0 Å². The van der Waals surface area contributed by atoms with Gasteiger partial charge >= 0.3 is 0 Å². The van der Waals surface area contributed by atoms with Crippen molar-refractivity contribution < 1.29 is 8.83 Å². The van der Waals surface area contributed by atoms with Gasteiger partial charge in [-0.25, -0.2) is 15.0 Å². The molecule has 242 valence electrons. The molecule has 0 N–H and O–H groups in total. The van der Waals surface area contributed by atoms with E-state index in [0.29, 0.717) is 17.5 Å². The second-order valence-corrected chi connectivity index (χ2v) is 13.2. The average molecular weight is 666 g/mol. The fourth-order valence-corrected chi connectivity index (χ4v) is 7.51. The third kappa shape index (κ3) is 4.60. The molecule has 3 heterocycles. The SMILES string of the molecule is c1ccc2cc(-c3ccc4c(c3)oc3cccc(-c5nc(-c6ccc7ccccc7c6)nc(-c6ccc7c(c6)oc6ccccc67)n5)c34)ccc2c1. The van der Waals surface area contributed by atoms with E-state index in [-0.39, 0.29) is 0 Å². The molecule has 0 aliphatic carbocycles. The van der Waals surface area contributed by atoms with Crippen LogP contribution in [0, 0.1) is 0 Å². The number of hydrogen-bond acceptors (Lipinski definition) is 5. The lowest BCUT2D eigenvalue weighted by Gasteiger charge is -2.10. The highest BCUT2D eigenvalue weighted by Crippen LogP contribution is 2.39. The molecule has 0 saturated heterocycles. The minimum atomic E-state index is 0.568. The van der Waals surface area contributed by atoms with E-state index in [9.17, 15) is 0 Å². The van der Waals surface area contributed by atoms with E-state index in [4.69, 9.17) is 23.8 Å². The van der Waals surface area contributed by atoms with Crippen molar-refractivity contribution in [3.05, 3.63) is 164 Å². The smallest absolute Gasteiger partial charge is 0.164 e. The summed E-state index contributed by atoms with van der Waals surface area (Å²) in [6.07, 6.45) is 0. The van der Waals surface area contributed by atoms with Gasteiger partial charge in [0.15, 0.2) is 17.5 Å². The molecule has 11 aromatic rings. The van der Waals surface area contributed by atoms with E-state index >= 15 is 0 Å². The van der Waals surface area contributed by atoms with Crippen molar-refractivity contribution in [2.45, 2.75) is 0 Å². The highest BCUT2D eigenvalue weighted by Gasteiger charge is 2.19. The van der Waals surface area contributed by atoms with E-state index in [1.165, 1.54) is 10.8 Å². The van der Waals surface area contributed by atoms with Crippen molar-refractivity contribution in [1.82, 2.24) is 15.0 Å². The molecule has 0 atom stereocenters. The van der Waals surface area contributed by atoms with Crippen LogP contribution in [0.5, 0.6) is 0 Å². The number of para-hydroxylation sites is 1. The predicted octanol–water partition coefficient (Wildman–Crippen LogP) is 12.6. The summed E-state index contributed by atoms with van der Waals surface area (Å²) in [5.41, 5.74) is 8.12. The van der Waals surface area contributed by atoms with E-state index < -0.39 is 0 Å². The molecule has 0 radical (unpaired) electrons. The number of rotatable bonds is 4. The summed E-state index contributed by atoms with van der Waals surface area (Å²) in [4.78, 5) is 15.4. The van der Waals surface area contributed by atoms with Gasteiger partial charge in [0.05, 0.1) is 0 Å². The quantitative estimate of drug-likeness (QED) is 0.187. The molecule has 0 fully saturated rings. The molecule has 0 unspecified atom stereocenters. The summed E-state index contributed by atoms with van der Waals surface area (Å²) >= 11 is 0. The Morgan fingerprint density at radius 1 is 0.308 bits per heavy atom. The van der Waals surface area contributed by atoms with Gasteiger partial charge in [-0.2, -0.15) is 0 Å². The lowest BCUT2D eigenvalue weighted by molar-refractivity contribution is 0.668. The van der Waals surface area contributed by atoms with Gasteiger partial charge in [-0.15, -0.1) is 0 Å². The Morgan fingerprint density at radius 2 is 0.808 bits per heavy atom. The van der Waals surface area contributed by atoms with Gasteiger partial charge in [0, 0.05) is 38.2 Å². The molecular weight excluding hydrogens is 639 g/mol. The summed E-state index contributed by atoms with van der Waals surface area (Å²) in [5, 5.41) is 8.83. The first kappa shape index (κ1) is 28.7. The number of benzene rings is 8. The highest BCUT2D eigenvalue weighted by molar-refractivity contribution is 6.12. The average Bonchev–Trinajstić information content (AvgIpc) is 3.78. The molecule has 0 amide bonds. The Morgan fingerprint density at radius 3 is 1.62 bits per heavy atom. The van der Waals surface area contributed by atoms with Gasteiger partial charge in [0.1, 0.15) is 22.3 Å². The molecule has 5 nitrogen and oxygen atoms in total. The van der Waals surface area contributed by atoms with Gasteiger partial charge in [-0.05, 0) is 81.2 Å². The molecule has 0 aliphatic heterocycles. The zero-order valence-electron chi connectivity index (χ0n) is 27.7. The van der Waals surface area contributed by atoms with Crippen LogP contribution >= 0.6 is 0 Å². The second kappa shape index (κ2) is 11.2. The summed E-state index contributed by atoms with van der Waals surface area (Å²) in [6, 6.07) is 56.5. The van der Waals surface area contributed by atoms with Crippen LogP contribution < -0.4 is 0 Å². The standard InChI is InChI=1S/C47H27N3O2/c1-3-10-30-24-32(18-16-28(30)8-1)33-20-23-38-43(26-33)52-41-15-7-13-39(44(38)41)47-49-45(34-19-17-29-9-2-4-11-31(29)25-34)48-46(50-47)35-21-22-37-36-12-5-6-14-40(36)51-42(37)27-35/h1-27H. The number of aromatic nitrogens is 3. The predicted molar refractivity (Wildman–Crippen MR) is 211 cm³/mol. The van der Waals surface area contributed by atoms with Crippen LogP contribution in [0.15, 0.2) is 173 Å². The molecular formula is C47H27N3O2. The normalized spacial score (nSPS) is 11.8. The Bertz CT molecular complexity index is 3210. The maximum absolute atomic E-state index is 6.54. The summed E-state index contributed by atoms with van der Waals surface area (Å²) < 4.78 is 12.8. The van der Waals surface area contributed by atoms with Crippen molar-refractivity contribution in [3.8, 4) is 45.3 Å². The monoisotopic (exact) mass is 665 g/mol. The molecule has 5 heteroatoms. The third-order valence-corrected chi connectivity index (χ3v) is 10.1. The van der Waals surface area contributed by atoms with E-state index in [0.717, 1.165) is 82.5 Å². The topological polar surface area (TPSA) is 65.0 Å². The van der Waals surface area contributed by atoms with Crippen LogP contribution in [-0.2, 0) is 0 Å². The fraction of sp³-hybridized carbons (Fsp3) is 0. The molecule has 3 aromatic heterocycles. The first-order valence-corrected chi connectivity index (χ1v) is 17.3. The minimum Gasteiger partial charge on any atom is -0.456 e. The Hall–Kier alpha value is -7.11. The van der Waals surface area contributed by atoms with Gasteiger partial charge in [0.2, 0.25) is 0 Å². The lowest BCUT2D eigenvalue weighted by atomic mass is 9.99. The maximum Gasteiger partial charge on any atom is 0.164 e. The van der Waals surface area contributed by atoms with Crippen molar-refractivity contribution in [2.75, 3.05) is 0 Å². The second-order valence-electron chi connectivity index (χ2n) is 13.2. The molecule has 0 saturated carbocycles. The lowest BCUT2D eigenvalue weighted by Crippen LogP contribution is -2.00. The molecule has 0 bridgehead atoms. The van der Waals surface area contributed by atoms with E-state index in [1.54, 1.807) is 0 Å². The fourth-order valence-electron chi connectivity index (χ4n) is 7.51. The zero-order chi connectivity index (χ0) is 34.2. The minimum absolute atomic E-state index is 0.568. The molecule has 8 aromatic carbocycles. The van der Waals surface area contributed by atoms with Crippen molar-refractivity contribution in [3.63, 3.8) is 0 Å². The first-order chi connectivity index (χ1) is 25.7. The van der Waals surface area contributed by atoms with Crippen molar-refractivity contribution >= 4 is 65.4 Å². The molecule has 0 aliphatic rings. The van der Waals surface area contributed by atoms with Crippen LogP contribution in [0.2, 0.25) is 0 Å². The third-order valence-electron chi connectivity index (χ3n) is 10.1. The largest absolute Gasteiger partial charge is 0.456 e. The zero-order valence-corrected chi connectivity index (χ0v) is 27.7. The maximum atomic E-state index is 6.54. The van der Waals surface area contributed by atoms with Crippen molar-refractivity contribution in [1.29, 1.82) is 0 Å².